The SMILES string of the molecule is CC/C=C/C=C(\O)CC(=O)OC(CC(=O)O)C[N+](C)(C)C. The van der Waals surface area contributed by atoms with Crippen molar-refractivity contribution in [2.75, 3.05) is 27.7 Å². The van der Waals surface area contributed by atoms with Gasteiger partial charge in [-0.2, -0.15) is 0 Å². The molecule has 0 saturated heterocycles. The summed E-state index contributed by atoms with van der Waals surface area (Å²) in [6.45, 7) is 2.34. The lowest BCUT2D eigenvalue weighted by Gasteiger charge is -2.28. The highest BCUT2D eigenvalue weighted by Crippen LogP contribution is 2.08. The van der Waals surface area contributed by atoms with Crippen LogP contribution in [-0.2, 0) is 14.3 Å². The Morgan fingerprint density at radius 1 is 1.24 bits per heavy atom. The van der Waals surface area contributed by atoms with Gasteiger partial charge in [0.1, 0.15) is 18.7 Å². The van der Waals surface area contributed by atoms with Crippen LogP contribution < -0.4 is 0 Å². The number of carboxylic acids is 1. The molecule has 0 aliphatic carbocycles. The fraction of sp³-hybridized carbons (Fsp3) is 0.600. The number of likely N-dealkylation sites (N-methyl/N-ethyl adjacent to an activating group) is 1. The first-order valence-electron chi connectivity index (χ1n) is 6.90. The lowest BCUT2D eigenvalue weighted by atomic mass is 10.2. The number of nitrogens with zero attached hydrogens (tertiary/aromatic N) is 1. The van der Waals surface area contributed by atoms with E-state index in [1.54, 1.807) is 6.08 Å². The number of carbonyl (C=O) groups excluding carboxylic acids is 1. The van der Waals surface area contributed by atoms with Gasteiger partial charge in [0.25, 0.3) is 0 Å². The van der Waals surface area contributed by atoms with E-state index in [4.69, 9.17) is 9.84 Å². The van der Waals surface area contributed by atoms with Crippen molar-refractivity contribution in [2.45, 2.75) is 32.3 Å². The molecule has 0 rings (SSSR count). The van der Waals surface area contributed by atoms with Gasteiger partial charge < -0.3 is 19.4 Å². The van der Waals surface area contributed by atoms with Crippen LogP contribution in [0.2, 0.25) is 0 Å². The first-order valence-corrected chi connectivity index (χ1v) is 6.90. The second-order valence-electron chi connectivity index (χ2n) is 5.85. The van der Waals surface area contributed by atoms with Crippen molar-refractivity contribution in [3.63, 3.8) is 0 Å². The van der Waals surface area contributed by atoms with Crippen LogP contribution in [0.3, 0.4) is 0 Å². The molecule has 0 aromatic heterocycles. The monoisotopic (exact) mass is 300 g/mol. The smallest absolute Gasteiger partial charge is 0.313 e. The first-order chi connectivity index (χ1) is 9.64. The minimum Gasteiger partial charge on any atom is -0.512 e. The van der Waals surface area contributed by atoms with E-state index in [2.05, 4.69) is 0 Å². The summed E-state index contributed by atoms with van der Waals surface area (Å²) < 4.78 is 5.63. The van der Waals surface area contributed by atoms with E-state index < -0.39 is 18.0 Å². The van der Waals surface area contributed by atoms with E-state index >= 15 is 0 Å². The molecule has 1 atom stereocenters. The van der Waals surface area contributed by atoms with Crippen LogP contribution in [0.25, 0.3) is 0 Å². The van der Waals surface area contributed by atoms with Gasteiger partial charge in [0, 0.05) is 0 Å². The molecule has 0 heterocycles. The summed E-state index contributed by atoms with van der Waals surface area (Å²) in [6.07, 6.45) is 4.53. The summed E-state index contributed by atoms with van der Waals surface area (Å²) in [5.74, 6) is -1.76. The molecule has 0 fully saturated rings. The Labute approximate surface area is 125 Å². The summed E-state index contributed by atoms with van der Waals surface area (Å²) in [5.41, 5.74) is 0. The van der Waals surface area contributed by atoms with Gasteiger partial charge in [-0.25, -0.2) is 0 Å². The Kier molecular flexibility index (Phi) is 8.38. The number of hydrogen-bond acceptors (Lipinski definition) is 4. The molecule has 0 aromatic carbocycles. The van der Waals surface area contributed by atoms with Crippen molar-refractivity contribution in [1.82, 2.24) is 0 Å². The third-order valence-electron chi connectivity index (χ3n) is 2.44. The Morgan fingerprint density at radius 3 is 2.33 bits per heavy atom. The van der Waals surface area contributed by atoms with Crippen molar-refractivity contribution in [1.29, 1.82) is 0 Å². The van der Waals surface area contributed by atoms with E-state index in [0.29, 0.717) is 11.0 Å². The summed E-state index contributed by atoms with van der Waals surface area (Å²) in [6, 6.07) is 0. The predicted molar refractivity (Wildman–Crippen MR) is 79.8 cm³/mol. The molecule has 0 aliphatic rings. The topological polar surface area (TPSA) is 83.8 Å². The van der Waals surface area contributed by atoms with Crippen molar-refractivity contribution in [2.24, 2.45) is 0 Å². The summed E-state index contributed by atoms with van der Waals surface area (Å²) in [5, 5.41) is 18.4. The lowest BCUT2D eigenvalue weighted by molar-refractivity contribution is -0.873. The third-order valence-corrected chi connectivity index (χ3v) is 2.44. The minimum atomic E-state index is -1.02. The summed E-state index contributed by atoms with van der Waals surface area (Å²) in [4.78, 5) is 22.5. The molecule has 0 spiro atoms. The van der Waals surface area contributed by atoms with Crippen LogP contribution >= 0.6 is 0 Å². The van der Waals surface area contributed by atoms with Crippen molar-refractivity contribution >= 4 is 11.9 Å². The van der Waals surface area contributed by atoms with E-state index in [0.717, 1.165) is 6.42 Å². The summed E-state index contributed by atoms with van der Waals surface area (Å²) >= 11 is 0. The van der Waals surface area contributed by atoms with Crippen LogP contribution in [0.5, 0.6) is 0 Å². The number of esters is 1. The van der Waals surface area contributed by atoms with E-state index in [1.165, 1.54) is 6.08 Å². The first kappa shape index (κ1) is 19.2. The molecule has 0 bridgehead atoms. The Morgan fingerprint density at radius 2 is 1.86 bits per heavy atom. The van der Waals surface area contributed by atoms with Gasteiger partial charge in [0.05, 0.1) is 27.6 Å². The number of quaternary nitrogens is 1. The van der Waals surface area contributed by atoms with Crippen LogP contribution in [0.4, 0.5) is 0 Å². The fourth-order valence-electron chi connectivity index (χ4n) is 1.70. The second kappa shape index (κ2) is 9.18. The highest BCUT2D eigenvalue weighted by molar-refractivity contribution is 5.73. The van der Waals surface area contributed by atoms with Gasteiger partial charge >= 0.3 is 11.9 Å². The maximum Gasteiger partial charge on any atom is 0.313 e. The van der Waals surface area contributed by atoms with Crippen molar-refractivity contribution in [3.05, 3.63) is 24.0 Å². The zero-order chi connectivity index (χ0) is 16.5. The van der Waals surface area contributed by atoms with Crippen molar-refractivity contribution in [3.8, 4) is 0 Å². The number of hydrogen-bond donors (Lipinski definition) is 2. The van der Waals surface area contributed by atoms with E-state index in [-0.39, 0.29) is 18.6 Å². The number of rotatable bonds is 9. The fourth-order valence-corrected chi connectivity index (χ4v) is 1.70. The maximum atomic E-state index is 11.7. The van der Waals surface area contributed by atoms with E-state index in [9.17, 15) is 14.7 Å². The van der Waals surface area contributed by atoms with Gasteiger partial charge in [-0.1, -0.05) is 19.1 Å². The number of carbonyl (C=O) groups is 2. The lowest BCUT2D eigenvalue weighted by Crippen LogP contribution is -2.43. The number of aliphatic hydroxyl groups is 1. The molecule has 6 nitrogen and oxygen atoms in total. The summed E-state index contributed by atoms with van der Waals surface area (Å²) in [7, 11) is 5.65. The molecule has 0 aliphatic heterocycles. The molecular formula is C15H26NO5+. The normalized spacial score (nSPS) is 14.2. The Hall–Kier alpha value is -1.82. The zero-order valence-electron chi connectivity index (χ0n) is 13.2. The Bertz CT molecular complexity index is 407. The molecule has 0 radical (unpaired) electrons. The van der Waals surface area contributed by atoms with Gasteiger partial charge in [-0.05, 0) is 12.5 Å². The molecule has 0 amide bonds. The van der Waals surface area contributed by atoms with Crippen LogP contribution in [-0.4, -0.2) is 60.4 Å². The largest absolute Gasteiger partial charge is 0.512 e. The number of allylic oxidation sites excluding steroid dienone is 3. The standard InChI is InChI=1S/C15H25NO5/c1-5-6-7-8-12(17)9-15(20)21-13(10-14(18)19)11-16(2,3)4/h6-8,13H,5,9-11H2,1-4H3,(H-,17,18,19)/p+1/b7-6+,12-8-. The van der Waals surface area contributed by atoms with E-state index in [1.807, 2.05) is 34.1 Å². The van der Waals surface area contributed by atoms with Gasteiger partial charge in [-0.3, -0.25) is 9.59 Å². The number of ether oxygens (including phenoxy) is 1. The molecule has 0 saturated carbocycles. The van der Waals surface area contributed by atoms with Crippen molar-refractivity contribution < 1.29 is 29.0 Å². The molecule has 1 unspecified atom stereocenters. The van der Waals surface area contributed by atoms with Crippen LogP contribution in [0.1, 0.15) is 26.2 Å². The van der Waals surface area contributed by atoms with Crippen LogP contribution in [0.15, 0.2) is 24.0 Å². The molecule has 6 heteroatoms. The second-order valence-corrected chi connectivity index (χ2v) is 5.85. The number of aliphatic carboxylic acids is 1. The van der Waals surface area contributed by atoms with Crippen LogP contribution in [0, 0.1) is 0 Å². The Balaban J connectivity index is 4.55. The quantitative estimate of drug-likeness (QED) is 0.294. The maximum absolute atomic E-state index is 11.7. The average molecular weight is 300 g/mol. The molecule has 21 heavy (non-hydrogen) atoms. The highest BCUT2D eigenvalue weighted by Gasteiger charge is 2.24. The average Bonchev–Trinajstić information content (AvgIpc) is 2.25. The number of carboxylic acid groups (broad SMARTS) is 1. The van der Waals surface area contributed by atoms with Gasteiger partial charge in [-0.15, -0.1) is 0 Å². The van der Waals surface area contributed by atoms with Gasteiger partial charge in [0.2, 0.25) is 0 Å². The molecule has 120 valence electrons. The predicted octanol–water partition coefficient (Wildman–Crippen LogP) is 1.88. The molecule has 2 N–H and O–H groups in total. The molecular weight excluding hydrogens is 274 g/mol. The minimum absolute atomic E-state index is 0.107. The zero-order valence-corrected chi connectivity index (χ0v) is 13.2. The third kappa shape index (κ3) is 11.7. The van der Waals surface area contributed by atoms with Gasteiger partial charge in [0.15, 0.2) is 6.10 Å². The number of aliphatic hydroxyl groups excluding tert-OH is 1. The molecule has 0 aromatic rings. The highest BCUT2D eigenvalue weighted by atomic mass is 16.5.